The zero-order valence-corrected chi connectivity index (χ0v) is 12.7. The van der Waals surface area contributed by atoms with Crippen molar-refractivity contribution in [3.8, 4) is 0 Å². The number of aryl methyl sites for hydroxylation is 1. The van der Waals surface area contributed by atoms with Gasteiger partial charge in [0.2, 0.25) is 5.91 Å². The molecule has 0 saturated heterocycles. The fraction of sp³-hybridized carbons (Fsp3) is 0.615. The first-order valence-electron chi connectivity index (χ1n) is 6.50. The second kappa shape index (κ2) is 7.23. The summed E-state index contributed by atoms with van der Waals surface area (Å²) in [6, 6.07) is -0.867. The minimum atomic E-state index is -1.03. The van der Waals surface area contributed by atoms with Crippen LogP contribution in [0.2, 0.25) is 0 Å². The van der Waals surface area contributed by atoms with Gasteiger partial charge in [0, 0.05) is 24.0 Å². The van der Waals surface area contributed by atoms with E-state index in [-0.39, 0.29) is 23.1 Å². The molecule has 6 nitrogen and oxygen atoms in total. The van der Waals surface area contributed by atoms with Gasteiger partial charge in [-0.25, -0.2) is 4.79 Å². The Kier molecular flexibility index (Phi) is 5.94. The Morgan fingerprint density at radius 2 is 2.10 bits per heavy atom. The van der Waals surface area contributed by atoms with E-state index in [0.29, 0.717) is 13.0 Å². The van der Waals surface area contributed by atoms with Gasteiger partial charge in [-0.1, -0.05) is 25.2 Å². The highest BCUT2D eigenvalue weighted by Crippen LogP contribution is 2.05. The number of nitrogens with one attached hydrogen (secondary N) is 1. The maximum Gasteiger partial charge on any atom is 0.326 e. The second-order valence-corrected chi connectivity index (χ2v) is 5.85. The van der Waals surface area contributed by atoms with Crippen LogP contribution >= 0.6 is 11.3 Å². The number of hydrogen-bond donors (Lipinski definition) is 2. The van der Waals surface area contributed by atoms with Crippen LogP contribution in [0.1, 0.15) is 32.4 Å². The number of aliphatic carboxylic acids is 1. The molecule has 112 valence electrons. The van der Waals surface area contributed by atoms with Gasteiger partial charge in [0.05, 0.1) is 0 Å². The molecule has 0 fully saturated rings. The summed E-state index contributed by atoms with van der Waals surface area (Å²) in [5, 5.41) is 13.3. The summed E-state index contributed by atoms with van der Waals surface area (Å²) < 4.78 is 1.62. The molecule has 1 unspecified atom stereocenters. The molecule has 0 spiro atoms. The number of hydrogen-bond acceptors (Lipinski definition) is 4. The lowest BCUT2D eigenvalue weighted by Crippen LogP contribution is -2.44. The van der Waals surface area contributed by atoms with Crippen LogP contribution in [0.25, 0.3) is 0 Å². The first-order valence-corrected chi connectivity index (χ1v) is 7.38. The number of carbonyl (C=O) groups is 2. The van der Waals surface area contributed by atoms with Crippen molar-refractivity contribution in [2.24, 2.45) is 5.92 Å². The van der Waals surface area contributed by atoms with Crippen molar-refractivity contribution in [3.05, 3.63) is 20.7 Å². The maximum atomic E-state index is 11.7. The summed E-state index contributed by atoms with van der Waals surface area (Å²) in [7, 11) is 0. The normalized spacial score (nSPS) is 12.4. The molecule has 0 aromatic carbocycles. The van der Waals surface area contributed by atoms with E-state index < -0.39 is 12.0 Å². The van der Waals surface area contributed by atoms with E-state index in [4.69, 9.17) is 5.11 Å². The van der Waals surface area contributed by atoms with Gasteiger partial charge in [0.1, 0.15) is 6.04 Å². The van der Waals surface area contributed by atoms with Gasteiger partial charge in [0.15, 0.2) is 0 Å². The number of amides is 1. The SMILES string of the molecule is Cc1csc(=O)n1CCCC(=O)NC(C(=O)O)C(C)C. The molecule has 0 aliphatic carbocycles. The largest absolute Gasteiger partial charge is 0.480 e. The van der Waals surface area contributed by atoms with Crippen LogP contribution < -0.4 is 10.2 Å². The molecule has 0 radical (unpaired) electrons. The monoisotopic (exact) mass is 300 g/mol. The van der Waals surface area contributed by atoms with Crippen LogP contribution in [0, 0.1) is 12.8 Å². The highest BCUT2D eigenvalue weighted by Gasteiger charge is 2.22. The average Bonchev–Trinajstić information content (AvgIpc) is 2.66. The zero-order chi connectivity index (χ0) is 15.3. The summed E-state index contributed by atoms with van der Waals surface area (Å²) >= 11 is 1.14. The summed E-state index contributed by atoms with van der Waals surface area (Å²) in [6.07, 6.45) is 0.714. The summed E-state index contributed by atoms with van der Waals surface area (Å²) in [5.41, 5.74) is 0.881. The Hall–Kier alpha value is -1.63. The van der Waals surface area contributed by atoms with Gasteiger partial charge in [-0.2, -0.15) is 0 Å². The lowest BCUT2D eigenvalue weighted by atomic mass is 10.0. The van der Waals surface area contributed by atoms with Gasteiger partial charge in [-0.15, -0.1) is 0 Å². The number of carboxylic acids is 1. The fourth-order valence-electron chi connectivity index (χ4n) is 1.83. The molecule has 0 bridgehead atoms. The topological polar surface area (TPSA) is 88.4 Å². The third-order valence-corrected chi connectivity index (χ3v) is 3.89. The van der Waals surface area contributed by atoms with Gasteiger partial charge >= 0.3 is 10.8 Å². The Labute approximate surface area is 121 Å². The Morgan fingerprint density at radius 3 is 2.55 bits per heavy atom. The molecule has 1 heterocycles. The molecular weight excluding hydrogens is 280 g/mol. The molecule has 1 aromatic rings. The zero-order valence-electron chi connectivity index (χ0n) is 11.9. The third kappa shape index (κ3) is 4.48. The van der Waals surface area contributed by atoms with E-state index in [9.17, 15) is 14.4 Å². The van der Waals surface area contributed by atoms with E-state index in [1.54, 1.807) is 23.8 Å². The van der Waals surface area contributed by atoms with Crippen LogP contribution in [0.3, 0.4) is 0 Å². The molecule has 20 heavy (non-hydrogen) atoms. The molecule has 1 aromatic heterocycles. The number of carboxylic acid groups (broad SMARTS) is 1. The number of rotatable bonds is 7. The molecule has 1 amide bonds. The van der Waals surface area contributed by atoms with Crippen LogP contribution in [-0.2, 0) is 16.1 Å². The molecular formula is C13H20N2O4S. The van der Waals surface area contributed by atoms with Crippen LogP contribution in [-0.4, -0.2) is 27.6 Å². The maximum absolute atomic E-state index is 11.7. The quantitative estimate of drug-likeness (QED) is 0.792. The third-order valence-electron chi connectivity index (χ3n) is 3.01. The van der Waals surface area contributed by atoms with Crippen molar-refractivity contribution in [1.82, 2.24) is 9.88 Å². The van der Waals surface area contributed by atoms with E-state index in [1.165, 1.54) is 0 Å². The molecule has 0 aliphatic heterocycles. The van der Waals surface area contributed by atoms with Crippen LogP contribution in [0.4, 0.5) is 0 Å². The van der Waals surface area contributed by atoms with Gasteiger partial charge in [-0.05, 0) is 19.3 Å². The first-order chi connectivity index (χ1) is 9.32. The van der Waals surface area contributed by atoms with Gasteiger partial charge in [-0.3, -0.25) is 9.59 Å². The lowest BCUT2D eigenvalue weighted by molar-refractivity contribution is -0.143. The fourth-order valence-corrected chi connectivity index (χ4v) is 2.59. The summed E-state index contributed by atoms with van der Waals surface area (Å²) in [5.74, 6) is -1.50. The summed E-state index contributed by atoms with van der Waals surface area (Å²) in [4.78, 5) is 34.1. The average molecular weight is 300 g/mol. The lowest BCUT2D eigenvalue weighted by Gasteiger charge is -2.17. The standard InChI is InChI=1S/C13H20N2O4S/c1-8(2)11(12(17)18)14-10(16)5-4-6-15-9(3)7-20-13(15)19/h7-8,11H,4-6H2,1-3H3,(H,14,16)(H,17,18). The van der Waals surface area contributed by atoms with E-state index in [1.807, 2.05) is 6.92 Å². The predicted molar refractivity (Wildman–Crippen MR) is 77.0 cm³/mol. The van der Waals surface area contributed by atoms with E-state index >= 15 is 0 Å². The van der Waals surface area contributed by atoms with E-state index in [2.05, 4.69) is 5.32 Å². The molecule has 1 rings (SSSR count). The Balaban J connectivity index is 2.44. The Morgan fingerprint density at radius 1 is 1.45 bits per heavy atom. The van der Waals surface area contributed by atoms with Crippen LogP contribution in [0.5, 0.6) is 0 Å². The van der Waals surface area contributed by atoms with Crippen molar-refractivity contribution >= 4 is 23.2 Å². The van der Waals surface area contributed by atoms with Crippen LogP contribution in [0.15, 0.2) is 10.2 Å². The minimum absolute atomic E-state index is 0.0338. The highest BCUT2D eigenvalue weighted by atomic mass is 32.1. The first kappa shape index (κ1) is 16.4. The van der Waals surface area contributed by atoms with Gasteiger partial charge < -0.3 is 15.0 Å². The molecule has 2 N–H and O–H groups in total. The van der Waals surface area contributed by atoms with Gasteiger partial charge in [0.25, 0.3) is 0 Å². The number of thiazole rings is 1. The van der Waals surface area contributed by atoms with Crippen molar-refractivity contribution in [2.45, 2.75) is 46.2 Å². The second-order valence-electron chi connectivity index (χ2n) is 5.03. The Bertz CT molecular complexity index is 533. The predicted octanol–water partition coefficient (Wildman–Crippen LogP) is 1.22. The number of aromatic nitrogens is 1. The number of nitrogens with zero attached hydrogens (tertiary/aromatic N) is 1. The van der Waals surface area contributed by atoms with E-state index in [0.717, 1.165) is 17.0 Å². The minimum Gasteiger partial charge on any atom is -0.480 e. The summed E-state index contributed by atoms with van der Waals surface area (Å²) in [6.45, 7) is 5.80. The number of carbonyl (C=O) groups excluding carboxylic acids is 1. The molecule has 0 aliphatic rings. The molecule has 0 saturated carbocycles. The highest BCUT2D eigenvalue weighted by molar-refractivity contribution is 7.07. The molecule has 1 atom stereocenters. The smallest absolute Gasteiger partial charge is 0.326 e. The van der Waals surface area contributed by atoms with Crippen molar-refractivity contribution in [3.63, 3.8) is 0 Å². The van der Waals surface area contributed by atoms with Crippen molar-refractivity contribution in [2.75, 3.05) is 0 Å². The van der Waals surface area contributed by atoms with Crippen molar-refractivity contribution < 1.29 is 14.7 Å². The molecule has 7 heteroatoms. The van der Waals surface area contributed by atoms with Crippen molar-refractivity contribution in [1.29, 1.82) is 0 Å².